The fourth-order valence-electron chi connectivity index (χ4n) is 2.81. The number of sulfonamides is 1. The zero-order chi connectivity index (χ0) is 18.2. The van der Waals surface area contributed by atoms with E-state index in [1.54, 1.807) is 13.8 Å². The number of nitrogens with one attached hydrogen (secondary N) is 1. The average Bonchev–Trinajstić information content (AvgIpc) is 2.50. The molecule has 0 heterocycles. The largest absolute Gasteiger partial charge is 0.241 e. The van der Waals surface area contributed by atoms with E-state index in [4.69, 9.17) is 11.6 Å². The van der Waals surface area contributed by atoms with Gasteiger partial charge in [0, 0.05) is 17.1 Å². The Kier molecular flexibility index (Phi) is 5.37. The van der Waals surface area contributed by atoms with E-state index in [2.05, 4.69) is 4.72 Å². The Labute approximate surface area is 147 Å². The van der Waals surface area contributed by atoms with Crippen LogP contribution in [0.15, 0.2) is 23.1 Å². The van der Waals surface area contributed by atoms with Crippen LogP contribution in [0.4, 0.5) is 4.39 Å². The molecule has 0 fully saturated rings. The molecule has 3 nitrogen and oxygen atoms in total. The minimum Gasteiger partial charge on any atom is -0.207 e. The van der Waals surface area contributed by atoms with Crippen LogP contribution in [0.2, 0.25) is 5.02 Å². The van der Waals surface area contributed by atoms with Gasteiger partial charge in [-0.15, -0.1) is 0 Å². The number of rotatable bonds is 4. The first-order chi connectivity index (χ1) is 11.1. The van der Waals surface area contributed by atoms with Crippen molar-refractivity contribution in [2.24, 2.45) is 0 Å². The Morgan fingerprint density at radius 1 is 0.958 bits per heavy atom. The molecule has 1 N–H and O–H groups in total. The van der Waals surface area contributed by atoms with Crippen molar-refractivity contribution in [3.63, 3.8) is 0 Å². The smallest absolute Gasteiger partial charge is 0.207 e. The quantitative estimate of drug-likeness (QED) is 0.862. The molecule has 0 radical (unpaired) electrons. The average molecular weight is 370 g/mol. The van der Waals surface area contributed by atoms with Crippen molar-refractivity contribution in [3.05, 3.63) is 62.4 Å². The summed E-state index contributed by atoms with van der Waals surface area (Å²) in [6.07, 6.45) is 0. The molecule has 130 valence electrons. The summed E-state index contributed by atoms with van der Waals surface area (Å²) in [5.74, 6) is -0.532. The SMILES string of the molecule is Cc1c(C)c(C)c(S(=O)(=O)NCc2c(F)cccc2Cl)c(C)c1C. The maximum Gasteiger partial charge on any atom is 0.241 e. The van der Waals surface area contributed by atoms with Crippen LogP contribution >= 0.6 is 11.6 Å². The van der Waals surface area contributed by atoms with Crippen molar-refractivity contribution in [1.29, 1.82) is 0 Å². The van der Waals surface area contributed by atoms with Gasteiger partial charge in [0.25, 0.3) is 0 Å². The molecule has 0 bridgehead atoms. The van der Waals surface area contributed by atoms with Crippen LogP contribution < -0.4 is 4.72 Å². The highest BCUT2D eigenvalue weighted by atomic mass is 35.5. The first kappa shape index (κ1) is 18.9. The molecule has 0 spiro atoms. The lowest BCUT2D eigenvalue weighted by atomic mass is 9.95. The van der Waals surface area contributed by atoms with Crippen molar-refractivity contribution in [2.75, 3.05) is 0 Å². The zero-order valence-electron chi connectivity index (χ0n) is 14.4. The van der Waals surface area contributed by atoms with E-state index in [0.717, 1.165) is 16.7 Å². The number of halogens is 2. The number of hydrogen-bond acceptors (Lipinski definition) is 2. The van der Waals surface area contributed by atoms with Gasteiger partial charge < -0.3 is 0 Å². The molecule has 0 aromatic heterocycles. The van der Waals surface area contributed by atoms with Gasteiger partial charge in [0.05, 0.1) is 4.90 Å². The first-order valence-corrected chi connectivity index (χ1v) is 9.43. The predicted octanol–water partition coefficient (Wildman–Crippen LogP) is 4.50. The van der Waals surface area contributed by atoms with Crippen molar-refractivity contribution < 1.29 is 12.8 Å². The molecule has 2 aromatic carbocycles. The normalized spacial score (nSPS) is 11.8. The minimum absolute atomic E-state index is 0.138. The second-order valence-corrected chi connectivity index (χ2v) is 8.09. The molecule has 2 aromatic rings. The molecule has 0 aliphatic heterocycles. The fourth-order valence-corrected chi connectivity index (χ4v) is 4.63. The second kappa shape index (κ2) is 6.82. The van der Waals surface area contributed by atoms with E-state index < -0.39 is 15.8 Å². The Hall–Kier alpha value is -1.43. The summed E-state index contributed by atoms with van der Waals surface area (Å²) in [5.41, 5.74) is 4.54. The highest BCUT2D eigenvalue weighted by molar-refractivity contribution is 7.89. The first-order valence-electron chi connectivity index (χ1n) is 7.57. The maximum absolute atomic E-state index is 13.8. The minimum atomic E-state index is -3.79. The van der Waals surface area contributed by atoms with Gasteiger partial charge in [0.15, 0.2) is 0 Å². The number of benzene rings is 2. The summed E-state index contributed by atoms with van der Waals surface area (Å²) in [5, 5.41) is 0.197. The lowest BCUT2D eigenvalue weighted by Crippen LogP contribution is -2.26. The van der Waals surface area contributed by atoms with Crippen molar-refractivity contribution >= 4 is 21.6 Å². The van der Waals surface area contributed by atoms with Gasteiger partial charge in [-0.05, 0) is 74.6 Å². The molecule has 0 saturated carbocycles. The highest BCUT2D eigenvalue weighted by Gasteiger charge is 2.24. The summed E-state index contributed by atoms with van der Waals surface area (Å²) in [6.45, 7) is 9.18. The van der Waals surface area contributed by atoms with Crippen LogP contribution in [-0.2, 0) is 16.6 Å². The number of hydrogen-bond donors (Lipinski definition) is 1. The molecule has 2 rings (SSSR count). The molecular formula is C18H21ClFNO2S. The standard InChI is InChI=1S/C18H21ClFNO2S/c1-10-11(2)13(4)18(14(5)12(10)3)24(22,23)21-9-15-16(19)7-6-8-17(15)20/h6-8,21H,9H2,1-5H3. The zero-order valence-corrected chi connectivity index (χ0v) is 16.0. The molecule has 0 aliphatic rings. The van der Waals surface area contributed by atoms with Gasteiger partial charge in [-0.2, -0.15) is 0 Å². The van der Waals surface area contributed by atoms with E-state index in [9.17, 15) is 12.8 Å². The van der Waals surface area contributed by atoms with E-state index in [1.165, 1.54) is 18.2 Å². The van der Waals surface area contributed by atoms with Gasteiger partial charge >= 0.3 is 0 Å². The molecule has 0 unspecified atom stereocenters. The van der Waals surface area contributed by atoms with Crippen LogP contribution in [0.25, 0.3) is 0 Å². The van der Waals surface area contributed by atoms with Crippen LogP contribution in [0.1, 0.15) is 33.4 Å². The van der Waals surface area contributed by atoms with Gasteiger partial charge in [-0.25, -0.2) is 17.5 Å². The lowest BCUT2D eigenvalue weighted by molar-refractivity contribution is 0.573. The van der Waals surface area contributed by atoms with Gasteiger partial charge in [0.2, 0.25) is 10.0 Å². The summed E-state index contributed by atoms with van der Waals surface area (Å²) in [4.78, 5) is 0.260. The Bertz CT molecular complexity index is 858. The fraction of sp³-hybridized carbons (Fsp3) is 0.333. The Morgan fingerprint density at radius 3 is 1.96 bits per heavy atom. The van der Waals surface area contributed by atoms with Gasteiger partial charge in [-0.3, -0.25) is 0 Å². The third-order valence-electron chi connectivity index (χ3n) is 4.70. The van der Waals surface area contributed by atoms with Crippen LogP contribution in [-0.4, -0.2) is 8.42 Å². The highest BCUT2D eigenvalue weighted by Crippen LogP contribution is 2.29. The third-order valence-corrected chi connectivity index (χ3v) is 6.73. The van der Waals surface area contributed by atoms with Gasteiger partial charge in [-0.1, -0.05) is 17.7 Å². The summed E-state index contributed by atoms with van der Waals surface area (Å²) in [7, 11) is -3.79. The summed E-state index contributed by atoms with van der Waals surface area (Å²) < 4.78 is 41.9. The molecule has 0 aliphatic carbocycles. The van der Waals surface area contributed by atoms with Crippen LogP contribution in [0, 0.1) is 40.4 Å². The van der Waals surface area contributed by atoms with E-state index in [-0.39, 0.29) is 22.0 Å². The summed E-state index contributed by atoms with van der Waals surface area (Å²) in [6, 6.07) is 4.27. The molecule has 24 heavy (non-hydrogen) atoms. The van der Waals surface area contributed by atoms with Gasteiger partial charge in [0.1, 0.15) is 5.82 Å². The van der Waals surface area contributed by atoms with Crippen molar-refractivity contribution in [2.45, 2.75) is 46.1 Å². The monoisotopic (exact) mass is 369 g/mol. The topological polar surface area (TPSA) is 46.2 Å². The lowest BCUT2D eigenvalue weighted by Gasteiger charge is -2.19. The van der Waals surface area contributed by atoms with E-state index in [1.807, 2.05) is 20.8 Å². The third kappa shape index (κ3) is 3.34. The van der Waals surface area contributed by atoms with Crippen molar-refractivity contribution in [3.8, 4) is 0 Å². The molecule has 6 heteroatoms. The molecule has 0 saturated heterocycles. The van der Waals surface area contributed by atoms with Crippen molar-refractivity contribution in [1.82, 2.24) is 4.72 Å². The summed E-state index contributed by atoms with van der Waals surface area (Å²) >= 11 is 5.96. The Balaban J connectivity index is 2.46. The molecule has 0 amide bonds. The van der Waals surface area contributed by atoms with Crippen LogP contribution in [0.5, 0.6) is 0 Å². The Morgan fingerprint density at radius 2 is 1.46 bits per heavy atom. The van der Waals surface area contributed by atoms with Crippen LogP contribution in [0.3, 0.4) is 0 Å². The second-order valence-electron chi connectivity index (χ2n) is 5.98. The maximum atomic E-state index is 13.8. The van der Waals surface area contributed by atoms with E-state index in [0.29, 0.717) is 11.1 Å². The predicted molar refractivity (Wildman–Crippen MR) is 95.6 cm³/mol. The van der Waals surface area contributed by atoms with E-state index >= 15 is 0 Å². The molecular weight excluding hydrogens is 349 g/mol. The molecule has 0 atom stereocenters.